The molecule has 112 valence electrons. The van der Waals surface area contributed by atoms with Crippen LogP contribution in [0.4, 0.5) is 0 Å². The van der Waals surface area contributed by atoms with E-state index in [1.165, 1.54) is 19.3 Å². The first kappa shape index (κ1) is 14.3. The number of rotatable bonds is 3. The van der Waals surface area contributed by atoms with Gasteiger partial charge in [-0.05, 0) is 44.1 Å². The summed E-state index contributed by atoms with van der Waals surface area (Å²) < 4.78 is 4.30. The summed E-state index contributed by atoms with van der Waals surface area (Å²) in [5.41, 5.74) is 0.658. The fraction of sp³-hybridized carbons (Fsp3) is 0.533. The largest absolute Gasteiger partial charge is 0.312 e. The zero-order valence-electron chi connectivity index (χ0n) is 12.2. The first-order valence-electron chi connectivity index (χ1n) is 7.59. The van der Waals surface area contributed by atoms with E-state index in [2.05, 4.69) is 10.2 Å². The fourth-order valence-corrected chi connectivity index (χ4v) is 3.40. The third-order valence-electron chi connectivity index (χ3n) is 4.26. The Kier molecular flexibility index (Phi) is 4.05. The summed E-state index contributed by atoms with van der Waals surface area (Å²) in [5, 5.41) is 7.02. The third kappa shape index (κ3) is 2.60. The lowest BCUT2D eigenvalue weighted by Crippen LogP contribution is -2.27. The average molecular weight is 304 g/mol. The van der Waals surface area contributed by atoms with Crippen LogP contribution < -0.4 is 5.56 Å². The summed E-state index contributed by atoms with van der Waals surface area (Å²) in [6.45, 7) is 2.69. The van der Waals surface area contributed by atoms with Gasteiger partial charge in [0.15, 0.2) is 10.6 Å². The molecule has 0 aromatic carbocycles. The van der Waals surface area contributed by atoms with Crippen molar-refractivity contribution in [1.82, 2.24) is 19.3 Å². The Morgan fingerprint density at radius 1 is 1.38 bits per heavy atom. The molecule has 2 aromatic heterocycles. The van der Waals surface area contributed by atoms with E-state index in [9.17, 15) is 4.79 Å². The summed E-state index contributed by atoms with van der Waals surface area (Å²) in [6, 6.07) is 4.09. The van der Waals surface area contributed by atoms with Crippen LogP contribution in [0.5, 0.6) is 0 Å². The maximum atomic E-state index is 12.8. The van der Waals surface area contributed by atoms with Crippen molar-refractivity contribution < 1.29 is 0 Å². The summed E-state index contributed by atoms with van der Waals surface area (Å²) in [7, 11) is 0. The van der Waals surface area contributed by atoms with E-state index >= 15 is 0 Å². The molecule has 5 nitrogen and oxygen atoms in total. The Bertz CT molecular complexity index is 737. The minimum atomic E-state index is 0.0353. The molecule has 0 radical (unpaired) electrons. The maximum Gasteiger partial charge on any atom is 0.261 e. The summed E-state index contributed by atoms with van der Waals surface area (Å²) in [5.74, 6) is 0.637. The lowest BCUT2D eigenvalue weighted by molar-refractivity contribution is 0.346. The number of H-pyrrole nitrogens is 1. The van der Waals surface area contributed by atoms with E-state index in [1.807, 2.05) is 34.4 Å². The minimum absolute atomic E-state index is 0.0353. The average Bonchev–Trinajstić information content (AvgIpc) is 2.89. The van der Waals surface area contributed by atoms with Crippen LogP contribution in [0.1, 0.15) is 45.1 Å². The second-order valence-electron chi connectivity index (χ2n) is 5.52. The van der Waals surface area contributed by atoms with Crippen molar-refractivity contribution >= 4 is 12.2 Å². The van der Waals surface area contributed by atoms with Crippen LogP contribution in [0.25, 0.3) is 11.4 Å². The van der Waals surface area contributed by atoms with E-state index in [4.69, 9.17) is 12.2 Å². The highest BCUT2D eigenvalue weighted by Crippen LogP contribution is 2.27. The summed E-state index contributed by atoms with van der Waals surface area (Å²) >= 11 is 5.21. The van der Waals surface area contributed by atoms with Gasteiger partial charge in [-0.15, -0.1) is 0 Å². The monoisotopic (exact) mass is 304 g/mol. The molecule has 0 unspecified atom stereocenters. The molecule has 1 N–H and O–H groups in total. The van der Waals surface area contributed by atoms with Crippen LogP contribution in [0.2, 0.25) is 0 Å². The molecule has 0 spiro atoms. The molecular formula is C15H20N4OS. The van der Waals surface area contributed by atoms with E-state index in [0.717, 1.165) is 12.8 Å². The molecule has 1 fully saturated rings. The molecule has 2 aromatic rings. The van der Waals surface area contributed by atoms with Crippen LogP contribution >= 0.6 is 12.2 Å². The van der Waals surface area contributed by atoms with Gasteiger partial charge in [0.1, 0.15) is 0 Å². The maximum absolute atomic E-state index is 12.8. The van der Waals surface area contributed by atoms with Crippen molar-refractivity contribution in [2.45, 2.75) is 51.6 Å². The molecule has 0 atom stereocenters. The molecule has 2 heterocycles. The zero-order chi connectivity index (χ0) is 14.8. The van der Waals surface area contributed by atoms with Crippen molar-refractivity contribution in [1.29, 1.82) is 0 Å². The number of pyridine rings is 1. The van der Waals surface area contributed by atoms with Crippen molar-refractivity contribution in [3.05, 3.63) is 33.5 Å². The van der Waals surface area contributed by atoms with E-state index in [0.29, 0.717) is 28.7 Å². The number of hydrogen-bond acceptors (Lipinski definition) is 3. The van der Waals surface area contributed by atoms with Crippen LogP contribution in [0, 0.1) is 4.77 Å². The van der Waals surface area contributed by atoms with Crippen molar-refractivity contribution in [2.24, 2.45) is 0 Å². The van der Waals surface area contributed by atoms with E-state index in [-0.39, 0.29) is 5.56 Å². The first-order valence-corrected chi connectivity index (χ1v) is 8.00. The Hall–Kier alpha value is -1.69. The van der Waals surface area contributed by atoms with Crippen molar-refractivity contribution in [3.8, 4) is 11.4 Å². The topological polar surface area (TPSA) is 55.6 Å². The lowest BCUT2D eigenvalue weighted by Gasteiger charge is -2.24. The minimum Gasteiger partial charge on any atom is -0.312 e. The molecule has 1 aliphatic rings. The zero-order valence-corrected chi connectivity index (χ0v) is 13.0. The molecule has 0 amide bonds. The van der Waals surface area contributed by atoms with Crippen LogP contribution in [0.15, 0.2) is 23.1 Å². The lowest BCUT2D eigenvalue weighted by atomic mass is 9.95. The first-order chi connectivity index (χ1) is 10.2. The van der Waals surface area contributed by atoms with Gasteiger partial charge < -0.3 is 9.13 Å². The second-order valence-corrected chi connectivity index (χ2v) is 5.91. The van der Waals surface area contributed by atoms with Gasteiger partial charge in [-0.1, -0.05) is 19.3 Å². The molecule has 0 saturated heterocycles. The van der Waals surface area contributed by atoms with Crippen LogP contribution in [0.3, 0.4) is 0 Å². The molecule has 6 heteroatoms. The van der Waals surface area contributed by atoms with Gasteiger partial charge in [-0.25, -0.2) is 0 Å². The Morgan fingerprint density at radius 2 is 2.14 bits per heavy atom. The SMILES string of the molecule is CCn1c(-c2cccn(C3CCCCC3)c2=O)n[nH]c1=S. The molecule has 0 aliphatic heterocycles. The third-order valence-corrected chi connectivity index (χ3v) is 4.57. The van der Waals surface area contributed by atoms with Gasteiger partial charge in [0, 0.05) is 18.8 Å². The quantitative estimate of drug-likeness (QED) is 0.885. The highest BCUT2D eigenvalue weighted by Gasteiger charge is 2.19. The van der Waals surface area contributed by atoms with Gasteiger partial charge >= 0.3 is 0 Å². The Balaban J connectivity index is 2.08. The van der Waals surface area contributed by atoms with Gasteiger partial charge in [0.25, 0.3) is 5.56 Å². The fourth-order valence-electron chi connectivity index (χ4n) is 3.14. The number of aromatic nitrogens is 4. The van der Waals surface area contributed by atoms with Crippen molar-refractivity contribution in [2.75, 3.05) is 0 Å². The molecule has 1 saturated carbocycles. The van der Waals surface area contributed by atoms with Gasteiger partial charge in [-0.3, -0.25) is 9.89 Å². The smallest absolute Gasteiger partial charge is 0.261 e. The highest BCUT2D eigenvalue weighted by atomic mass is 32.1. The van der Waals surface area contributed by atoms with Gasteiger partial charge in [-0.2, -0.15) is 5.10 Å². The molecule has 1 aliphatic carbocycles. The molecular weight excluding hydrogens is 284 g/mol. The van der Waals surface area contributed by atoms with Crippen molar-refractivity contribution in [3.63, 3.8) is 0 Å². The number of hydrogen-bond donors (Lipinski definition) is 1. The Morgan fingerprint density at radius 3 is 2.86 bits per heavy atom. The summed E-state index contributed by atoms with van der Waals surface area (Å²) in [4.78, 5) is 12.8. The Labute approximate surface area is 128 Å². The molecule has 3 rings (SSSR count). The highest BCUT2D eigenvalue weighted by molar-refractivity contribution is 7.71. The number of nitrogens with one attached hydrogen (secondary N) is 1. The standard InChI is InChI=1S/C15H20N4OS/c1-2-18-13(16-17-15(18)21)12-9-6-10-19(14(12)20)11-7-4-3-5-8-11/h6,9-11H,2-5,7-8H2,1H3,(H,17,21). The molecule has 21 heavy (non-hydrogen) atoms. The summed E-state index contributed by atoms with van der Waals surface area (Å²) in [6.07, 6.45) is 7.76. The van der Waals surface area contributed by atoms with E-state index < -0.39 is 0 Å². The van der Waals surface area contributed by atoms with Gasteiger partial charge in [0.05, 0.1) is 5.56 Å². The van der Waals surface area contributed by atoms with Crippen LogP contribution in [-0.2, 0) is 6.54 Å². The second kappa shape index (κ2) is 5.97. The predicted molar refractivity (Wildman–Crippen MR) is 84.9 cm³/mol. The normalized spacial score (nSPS) is 16.2. The van der Waals surface area contributed by atoms with E-state index in [1.54, 1.807) is 0 Å². The van der Waals surface area contributed by atoms with Gasteiger partial charge in [0.2, 0.25) is 0 Å². The number of aromatic amines is 1. The van der Waals surface area contributed by atoms with Crippen LogP contribution in [-0.4, -0.2) is 19.3 Å². The molecule has 0 bridgehead atoms. The predicted octanol–water partition coefficient (Wildman–Crippen LogP) is 3.29. The number of nitrogens with zero attached hydrogens (tertiary/aromatic N) is 3.